The molecule has 1 heterocycles. The zero-order valence-electron chi connectivity index (χ0n) is 12.1. The minimum absolute atomic E-state index is 0.172. The molecule has 0 atom stereocenters. The first-order chi connectivity index (χ1) is 10.3. The van der Waals surface area contributed by atoms with E-state index in [0.717, 1.165) is 23.4 Å². The fraction of sp³-hybridized carbons (Fsp3) is 0.294. The third-order valence-electron chi connectivity index (χ3n) is 3.59. The number of aromatic nitrogens is 1. The van der Waals surface area contributed by atoms with Crippen LogP contribution in [-0.2, 0) is 6.42 Å². The predicted octanol–water partition coefficient (Wildman–Crippen LogP) is 3.47. The van der Waals surface area contributed by atoms with Crippen molar-refractivity contribution in [1.82, 2.24) is 4.98 Å². The largest absolute Gasteiger partial charge is 0.381 e. The Bertz CT molecular complexity index is 633. The van der Waals surface area contributed by atoms with E-state index in [2.05, 4.69) is 22.5 Å². The number of hydrogen-bond acceptors (Lipinski definition) is 3. The second-order valence-corrected chi connectivity index (χ2v) is 5.32. The number of anilines is 2. The highest BCUT2D eigenvalue weighted by Crippen LogP contribution is 2.24. The van der Waals surface area contributed by atoms with Crippen LogP contribution in [0.4, 0.5) is 11.4 Å². The first-order valence-electron chi connectivity index (χ1n) is 7.38. The van der Waals surface area contributed by atoms with E-state index in [4.69, 9.17) is 0 Å². The van der Waals surface area contributed by atoms with Gasteiger partial charge in [-0.1, -0.05) is 25.1 Å². The smallest absolute Gasteiger partial charge is 0.274 e. The van der Waals surface area contributed by atoms with Gasteiger partial charge in [0.1, 0.15) is 5.69 Å². The van der Waals surface area contributed by atoms with Crippen molar-refractivity contribution in [3.63, 3.8) is 0 Å². The number of nitrogens with zero attached hydrogens (tertiary/aromatic N) is 1. The molecule has 1 fully saturated rings. The van der Waals surface area contributed by atoms with E-state index >= 15 is 0 Å². The average Bonchev–Trinajstić information content (AvgIpc) is 3.32. The molecular weight excluding hydrogens is 262 g/mol. The molecule has 3 rings (SSSR count). The Hall–Kier alpha value is -2.36. The molecule has 1 saturated carbocycles. The molecule has 108 valence electrons. The Morgan fingerprint density at radius 1 is 1.24 bits per heavy atom. The van der Waals surface area contributed by atoms with E-state index in [9.17, 15) is 4.79 Å². The summed E-state index contributed by atoms with van der Waals surface area (Å²) in [5.74, 6) is -0.172. The normalized spacial score (nSPS) is 13.8. The van der Waals surface area contributed by atoms with Crippen LogP contribution < -0.4 is 10.6 Å². The van der Waals surface area contributed by atoms with Crippen molar-refractivity contribution < 1.29 is 4.79 Å². The van der Waals surface area contributed by atoms with E-state index in [1.807, 2.05) is 30.3 Å². The van der Waals surface area contributed by atoms with E-state index in [1.165, 1.54) is 12.8 Å². The number of pyridine rings is 1. The summed E-state index contributed by atoms with van der Waals surface area (Å²) in [6.45, 7) is 2.07. The Morgan fingerprint density at radius 2 is 2.05 bits per heavy atom. The molecule has 4 heteroatoms. The summed E-state index contributed by atoms with van der Waals surface area (Å²) in [5.41, 5.74) is 3.38. The van der Waals surface area contributed by atoms with Gasteiger partial charge in [-0.2, -0.15) is 0 Å². The van der Waals surface area contributed by atoms with Crippen LogP contribution in [0.5, 0.6) is 0 Å². The second-order valence-electron chi connectivity index (χ2n) is 5.32. The van der Waals surface area contributed by atoms with Crippen LogP contribution in [0.2, 0.25) is 0 Å². The number of rotatable bonds is 5. The second kappa shape index (κ2) is 5.95. The monoisotopic (exact) mass is 281 g/mol. The SMILES string of the molecule is CCc1ccccc1NC(=O)c1ccc(NC2CC2)cn1. The standard InChI is InChI=1S/C17H19N3O/c1-2-12-5-3-4-6-15(12)20-17(21)16-10-9-14(11-18-16)19-13-7-8-13/h3-6,9-11,13,19H,2,7-8H2,1H3,(H,20,21). The lowest BCUT2D eigenvalue weighted by Gasteiger charge is -2.10. The fourth-order valence-corrected chi connectivity index (χ4v) is 2.21. The van der Waals surface area contributed by atoms with E-state index in [1.54, 1.807) is 12.3 Å². The molecule has 21 heavy (non-hydrogen) atoms. The average molecular weight is 281 g/mol. The zero-order chi connectivity index (χ0) is 14.7. The van der Waals surface area contributed by atoms with E-state index < -0.39 is 0 Å². The lowest BCUT2D eigenvalue weighted by molar-refractivity contribution is 0.102. The Labute approximate surface area is 124 Å². The zero-order valence-corrected chi connectivity index (χ0v) is 12.1. The van der Waals surface area contributed by atoms with Crippen molar-refractivity contribution in [1.29, 1.82) is 0 Å². The molecule has 0 unspecified atom stereocenters. The van der Waals surface area contributed by atoms with Crippen LogP contribution in [0.1, 0.15) is 35.8 Å². The van der Waals surface area contributed by atoms with Crippen molar-refractivity contribution >= 4 is 17.3 Å². The summed E-state index contributed by atoms with van der Waals surface area (Å²) in [5, 5.41) is 6.28. The summed E-state index contributed by atoms with van der Waals surface area (Å²) in [7, 11) is 0. The van der Waals surface area contributed by atoms with Gasteiger partial charge in [-0.25, -0.2) is 4.98 Å². The minimum Gasteiger partial charge on any atom is -0.381 e. The first-order valence-corrected chi connectivity index (χ1v) is 7.38. The van der Waals surface area contributed by atoms with Gasteiger partial charge >= 0.3 is 0 Å². The summed E-state index contributed by atoms with van der Waals surface area (Å²) >= 11 is 0. The molecule has 1 aromatic heterocycles. The highest BCUT2D eigenvalue weighted by atomic mass is 16.1. The van der Waals surface area contributed by atoms with Crippen LogP contribution >= 0.6 is 0 Å². The first kappa shape index (κ1) is 13.6. The van der Waals surface area contributed by atoms with Gasteiger partial charge in [0.15, 0.2) is 0 Å². The summed E-state index contributed by atoms with van der Waals surface area (Å²) in [4.78, 5) is 16.5. The van der Waals surface area contributed by atoms with Crippen molar-refractivity contribution in [3.8, 4) is 0 Å². The lowest BCUT2D eigenvalue weighted by Crippen LogP contribution is -2.15. The molecule has 1 aromatic carbocycles. The molecule has 0 radical (unpaired) electrons. The molecule has 1 aliphatic carbocycles. The van der Waals surface area contributed by atoms with Crippen LogP contribution in [0.3, 0.4) is 0 Å². The highest BCUT2D eigenvalue weighted by Gasteiger charge is 2.20. The highest BCUT2D eigenvalue weighted by molar-refractivity contribution is 6.03. The molecule has 1 amide bonds. The fourth-order valence-electron chi connectivity index (χ4n) is 2.21. The molecule has 0 aliphatic heterocycles. The maximum absolute atomic E-state index is 12.2. The van der Waals surface area contributed by atoms with Gasteiger partial charge in [0, 0.05) is 11.7 Å². The number of amides is 1. The van der Waals surface area contributed by atoms with E-state index in [-0.39, 0.29) is 5.91 Å². The van der Waals surface area contributed by atoms with Crippen LogP contribution in [0, 0.1) is 0 Å². The number of aryl methyl sites for hydroxylation is 1. The predicted molar refractivity (Wildman–Crippen MR) is 84.7 cm³/mol. The van der Waals surface area contributed by atoms with Crippen molar-refractivity contribution in [2.75, 3.05) is 10.6 Å². The number of carbonyl (C=O) groups is 1. The van der Waals surface area contributed by atoms with Gasteiger partial charge in [-0.3, -0.25) is 4.79 Å². The topological polar surface area (TPSA) is 54.0 Å². The molecule has 2 aromatic rings. The molecule has 0 bridgehead atoms. The maximum Gasteiger partial charge on any atom is 0.274 e. The van der Waals surface area contributed by atoms with Gasteiger partial charge in [0.2, 0.25) is 0 Å². The molecule has 0 spiro atoms. The third-order valence-corrected chi connectivity index (χ3v) is 3.59. The minimum atomic E-state index is -0.172. The van der Waals surface area contributed by atoms with Gasteiger partial charge in [0.05, 0.1) is 11.9 Å². The Morgan fingerprint density at radius 3 is 2.71 bits per heavy atom. The summed E-state index contributed by atoms with van der Waals surface area (Å²) < 4.78 is 0. The van der Waals surface area contributed by atoms with Crippen molar-refractivity contribution in [2.24, 2.45) is 0 Å². The summed E-state index contributed by atoms with van der Waals surface area (Å²) in [6.07, 6.45) is 5.04. The number of carbonyl (C=O) groups excluding carboxylic acids is 1. The lowest BCUT2D eigenvalue weighted by atomic mass is 10.1. The van der Waals surface area contributed by atoms with Gasteiger partial charge in [-0.05, 0) is 43.0 Å². The molecule has 1 aliphatic rings. The maximum atomic E-state index is 12.2. The van der Waals surface area contributed by atoms with Gasteiger partial charge in [0.25, 0.3) is 5.91 Å². The number of para-hydroxylation sites is 1. The molecular formula is C17H19N3O. The number of hydrogen-bond donors (Lipinski definition) is 2. The molecule has 4 nitrogen and oxygen atoms in total. The van der Waals surface area contributed by atoms with Crippen LogP contribution in [-0.4, -0.2) is 16.9 Å². The quantitative estimate of drug-likeness (QED) is 0.882. The van der Waals surface area contributed by atoms with Crippen LogP contribution in [0.25, 0.3) is 0 Å². The van der Waals surface area contributed by atoms with Crippen LogP contribution in [0.15, 0.2) is 42.6 Å². The van der Waals surface area contributed by atoms with Gasteiger partial charge in [-0.15, -0.1) is 0 Å². The Balaban J connectivity index is 1.69. The van der Waals surface area contributed by atoms with Gasteiger partial charge < -0.3 is 10.6 Å². The third kappa shape index (κ3) is 3.40. The molecule has 0 saturated heterocycles. The Kier molecular flexibility index (Phi) is 3.86. The number of benzene rings is 1. The number of nitrogens with one attached hydrogen (secondary N) is 2. The van der Waals surface area contributed by atoms with E-state index in [0.29, 0.717) is 11.7 Å². The molecule has 2 N–H and O–H groups in total. The van der Waals surface area contributed by atoms with Crippen molar-refractivity contribution in [2.45, 2.75) is 32.2 Å². The summed E-state index contributed by atoms with van der Waals surface area (Å²) in [6, 6.07) is 12.1. The van der Waals surface area contributed by atoms with Crippen molar-refractivity contribution in [3.05, 3.63) is 53.9 Å².